The highest BCUT2D eigenvalue weighted by Gasteiger charge is 2.24. The van der Waals surface area contributed by atoms with Gasteiger partial charge in [-0.2, -0.15) is 4.39 Å². The monoisotopic (exact) mass is 270 g/mol. The van der Waals surface area contributed by atoms with Gasteiger partial charge in [0.25, 0.3) is 5.91 Å². The summed E-state index contributed by atoms with van der Waals surface area (Å²) in [6.07, 6.45) is 0.547. The molecule has 1 heterocycles. The molecular formula is C11H11FN2O5. The molecule has 0 saturated carbocycles. The summed E-state index contributed by atoms with van der Waals surface area (Å²) >= 11 is 0. The topological polar surface area (TPSA) is 106 Å². The Morgan fingerprint density at radius 1 is 1.53 bits per heavy atom. The lowest BCUT2D eigenvalue weighted by Crippen LogP contribution is -2.42. The second-order valence-corrected chi connectivity index (χ2v) is 3.51. The van der Waals surface area contributed by atoms with Crippen LogP contribution in [-0.4, -0.2) is 41.1 Å². The molecule has 2 N–H and O–H groups in total. The van der Waals surface area contributed by atoms with Crippen LogP contribution in [0.1, 0.15) is 16.8 Å². The number of rotatable bonds is 5. The maximum atomic E-state index is 12.8. The van der Waals surface area contributed by atoms with E-state index in [0.717, 1.165) is 19.4 Å². The molecule has 0 aliphatic carbocycles. The molecule has 0 unspecified atom stereocenters. The van der Waals surface area contributed by atoms with Crippen molar-refractivity contribution in [2.45, 2.75) is 12.5 Å². The molecule has 1 atom stereocenters. The van der Waals surface area contributed by atoms with E-state index in [0.29, 0.717) is 0 Å². The molecule has 1 aromatic heterocycles. The molecule has 0 aliphatic heterocycles. The number of methoxy groups -OCH3 is 1. The maximum Gasteiger partial charge on any atom is 0.326 e. The third-order valence-corrected chi connectivity index (χ3v) is 2.19. The predicted octanol–water partition coefficient (Wildman–Crippen LogP) is -0.0332. The Morgan fingerprint density at radius 3 is 2.74 bits per heavy atom. The third-order valence-electron chi connectivity index (χ3n) is 2.19. The van der Waals surface area contributed by atoms with Crippen molar-refractivity contribution in [3.63, 3.8) is 0 Å². The van der Waals surface area contributed by atoms with Gasteiger partial charge in [0.1, 0.15) is 6.04 Å². The summed E-state index contributed by atoms with van der Waals surface area (Å²) in [7, 11) is 1.10. The van der Waals surface area contributed by atoms with Gasteiger partial charge in [-0.25, -0.2) is 9.78 Å². The van der Waals surface area contributed by atoms with Crippen LogP contribution in [0.3, 0.4) is 0 Å². The highest BCUT2D eigenvalue weighted by Crippen LogP contribution is 2.03. The summed E-state index contributed by atoms with van der Waals surface area (Å²) in [5.74, 6) is -3.87. The molecule has 102 valence electrons. The van der Waals surface area contributed by atoms with Gasteiger partial charge < -0.3 is 15.2 Å². The Bertz CT molecular complexity index is 506. The third kappa shape index (κ3) is 4.34. The van der Waals surface area contributed by atoms with Crippen molar-refractivity contribution in [2.24, 2.45) is 0 Å². The number of nitrogens with zero attached hydrogens (tertiary/aromatic N) is 1. The van der Waals surface area contributed by atoms with Gasteiger partial charge in [0.2, 0.25) is 5.95 Å². The van der Waals surface area contributed by atoms with Crippen molar-refractivity contribution >= 4 is 17.8 Å². The number of carbonyl (C=O) groups is 3. The molecule has 7 nitrogen and oxygen atoms in total. The van der Waals surface area contributed by atoms with E-state index in [1.807, 2.05) is 0 Å². The van der Waals surface area contributed by atoms with Crippen molar-refractivity contribution in [1.82, 2.24) is 10.3 Å². The summed E-state index contributed by atoms with van der Waals surface area (Å²) in [5, 5.41) is 11.0. The highest BCUT2D eigenvalue weighted by molar-refractivity contribution is 5.97. The zero-order valence-corrected chi connectivity index (χ0v) is 9.92. The lowest BCUT2D eigenvalue weighted by Gasteiger charge is -2.13. The first-order valence-electron chi connectivity index (χ1n) is 5.16. The van der Waals surface area contributed by atoms with Crippen LogP contribution in [0.2, 0.25) is 0 Å². The van der Waals surface area contributed by atoms with Gasteiger partial charge in [0, 0.05) is 17.8 Å². The molecular weight excluding hydrogens is 259 g/mol. The second-order valence-electron chi connectivity index (χ2n) is 3.51. The van der Waals surface area contributed by atoms with E-state index in [1.165, 1.54) is 6.07 Å². The zero-order chi connectivity index (χ0) is 14.4. The van der Waals surface area contributed by atoms with Crippen molar-refractivity contribution < 1.29 is 28.6 Å². The number of carbonyl (C=O) groups excluding carboxylic acids is 2. The Morgan fingerprint density at radius 2 is 2.21 bits per heavy atom. The standard InChI is InChI=1S/C11H11FN2O5/c1-19-9(15)5-7(11(17)18)14-10(16)6-2-3-13-8(12)4-6/h2-4,7H,5H2,1H3,(H,14,16)(H,17,18)/t7-/m0/s1. The molecule has 1 amide bonds. The maximum absolute atomic E-state index is 12.8. The van der Waals surface area contributed by atoms with E-state index in [1.54, 1.807) is 0 Å². The Kier molecular flexibility index (Phi) is 4.92. The van der Waals surface area contributed by atoms with Crippen LogP contribution < -0.4 is 5.32 Å². The van der Waals surface area contributed by atoms with Crippen LogP contribution in [0.4, 0.5) is 4.39 Å². The molecule has 1 aromatic rings. The Hall–Kier alpha value is -2.51. The molecule has 8 heteroatoms. The summed E-state index contributed by atoms with van der Waals surface area (Å²) in [6.45, 7) is 0. The van der Waals surface area contributed by atoms with E-state index in [4.69, 9.17) is 5.11 Å². The number of carboxylic acid groups (broad SMARTS) is 1. The van der Waals surface area contributed by atoms with Crippen LogP contribution in [0.25, 0.3) is 0 Å². The first-order chi connectivity index (χ1) is 8.93. The normalized spacial score (nSPS) is 11.5. The summed E-state index contributed by atoms with van der Waals surface area (Å²) in [4.78, 5) is 36.8. The average molecular weight is 270 g/mol. The van der Waals surface area contributed by atoms with Crippen LogP contribution in [0, 0.1) is 5.95 Å². The zero-order valence-electron chi connectivity index (χ0n) is 9.92. The largest absolute Gasteiger partial charge is 0.480 e. The number of carboxylic acids is 1. The number of aliphatic carboxylic acids is 1. The fourth-order valence-electron chi connectivity index (χ4n) is 1.24. The molecule has 0 radical (unpaired) electrons. The lowest BCUT2D eigenvalue weighted by molar-refractivity contribution is -0.147. The first kappa shape index (κ1) is 14.6. The summed E-state index contributed by atoms with van der Waals surface area (Å²) in [5.41, 5.74) is -0.0939. The van der Waals surface area contributed by atoms with Gasteiger partial charge in [0.05, 0.1) is 13.5 Å². The molecule has 0 spiro atoms. The SMILES string of the molecule is COC(=O)C[C@H](NC(=O)c1ccnc(F)c1)C(=O)O. The highest BCUT2D eigenvalue weighted by atomic mass is 19.1. The van der Waals surface area contributed by atoms with Crippen molar-refractivity contribution in [3.8, 4) is 0 Å². The van der Waals surface area contributed by atoms with Gasteiger partial charge >= 0.3 is 11.9 Å². The van der Waals surface area contributed by atoms with E-state index in [2.05, 4.69) is 15.0 Å². The molecule has 0 saturated heterocycles. The van der Waals surface area contributed by atoms with Gasteiger partial charge in [-0.3, -0.25) is 9.59 Å². The van der Waals surface area contributed by atoms with Gasteiger partial charge in [-0.1, -0.05) is 0 Å². The number of pyridine rings is 1. The van der Waals surface area contributed by atoms with E-state index >= 15 is 0 Å². The lowest BCUT2D eigenvalue weighted by atomic mass is 10.2. The molecule has 0 bridgehead atoms. The van der Waals surface area contributed by atoms with E-state index in [9.17, 15) is 18.8 Å². The van der Waals surface area contributed by atoms with Crippen molar-refractivity contribution in [2.75, 3.05) is 7.11 Å². The number of hydrogen-bond acceptors (Lipinski definition) is 5. The number of amides is 1. The minimum Gasteiger partial charge on any atom is -0.480 e. The van der Waals surface area contributed by atoms with Crippen LogP contribution in [0.5, 0.6) is 0 Å². The molecule has 19 heavy (non-hydrogen) atoms. The first-order valence-corrected chi connectivity index (χ1v) is 5.16. The van der Waals surface area contributed by atoms with E-state index < -0.39 is 36.3 Å². The van der Waals surface area contributed by atoms with Crippen LogP contribution >= 0.6 is 0 Å². The molecule has 1 rings (SSSR count). The minimum atomic E-state index is -1.45. The summed E-state index contributed by atoms with van der Waals surface area (Å²) in [6, 6.07) is 0.623. The molecule has 0 fully saturated rings. The van der Waals surface area contributed by atoms with Gasteiger partial charge in [-0.15, -0.1) is 0 Å². The van der Waals surface area contributed by atoms with Crippen LogP contribution in [-0.2, 0) is 14.3 Å². The van der Waals surface area contributed by atoms with Crippen molar-refractivity contribution in [1.29, 1.82) is 0 Å². The summed E-state index contributed by atoms with van der Waals surface area (Å²) < 4.78 is 17.1. The van der Waals surface area contributed by atoms with Crippen molar-refractivity contribution in [3.05, 3.63) is 29.8 Å². The smallest absolute Gasteiger partial charge is 0.326 e. The second kappa shape index (κ2) is 6.43. The minimum absolute atomic E-state index is 0.0939. The Balaban J connectivity index is 2.77. The molecule has 0 aliphatic rings. The average Bonchev–Trinajstić information content (AvgIpc) is 2.37. The van der Waals surface area contributed by atoms with E-state index in [-0.39, 0.29) is 5.56 Å². The van der Waals surface area contributed by atoms with Crippen LogP contribution in [0.15, 0.2) is 18.3 Å². The van der Waals surface area contributed by atoms with Gasteiger partial charge in [-0.05, 0) is 6.07 Å². The Labute approximate surface area is 107 Å². The molecule has 0 aromatic carbocycles. The number of nitrogens with one attached hydrogen (secondary N) is 1. The fourth-order valence-corrected chi connectivity index (χ4v) is 1.24. The fraction of sp³-hybridized carbons (Fsp3) is 0.273. The number of esters is 1. The van der Waals surface area contributed by atoms with Gasteiger partial charge in [0.15, 0.2) is 0 Å². The number of aromatic nitrogens is 1. The quantitative estimate of drug-likeness (QED) is 0.574. The predicted molar refractivity (Wildman–Crippen MR) is 59.7 cm³/mol. The number of ether oxygens (including phenoxy) is 1. The number of halogens is 1. The number of hydrogen-bond donors (Lipinski definition) is 2.